The number of aromatic nitrogens is 2. The number of hydrogen-bond donors (Lipinski definition) is 1. The molecule has 0 fully saturated rings. The van der Waals surface area contributed by atoms with Gasteiger partial charge in [-0.2, -0.15) is 18.2 Å². The van der Waals surface area contributed by atoms with Gasteiger partial charge in [-0.1, -0.05) is 19.0 Å². The zero-order valence-electron chi connectivity index (χ0n) is 11.3. The maximum Gasteiger partial charge on any atom is 0.389 e. The van der Waals surface area contributed by atoms with E-state index < -0.39 is 12.6 Å². The van der Waals surface area contributed by atoms with E-state index in [9.17, 15) is 13.2 Å². The number of halogens is 3. The highest BCUT2D eigenvalue weighted by molar-refractivity contribution is 4.88. The van der Waals surface area contributed by atoms with Gasteiger partial charge >= 0.3 is 6.18 Å². The van der Waals surface area contributed by atoms with Gasteiger partial charge in [0, 0.05) is 12.8 Å². The van der Waals surface area contributed by atoms with E-state index in [-0.39, 0.29) is 17.7 Å². The Morgan fingerprint density at radius 2 is 1.79 bits per heavy atom. The summed E-state index contributed by atoms with van der Waals surface area (Å²) in [7, 11) is 0. The summed E-state index contributed by atoms with van der Waals surface area (Å²) in [6.07, 6.45) is -3.10. The molecule has 0 aliphatic carbocycles. The third kappa shape index (κ3) is 6.56. The molecule has 0 radical (unpaired) electrons. The molecule has 19 heavy (non-hydrogen) atoms. The van der Waals surface area contributed by atoms with Gasteiger partial charge < -0.3 is 10.3 Å². The van der Waals surface area contributed by atoms with Crippen molar-refractivity contribution >= 4 is 0 Å². The van der Waals surface area contributed by atoms with Crippen LogP contribution in [0.3, 0.4) is 0 Å². The zero-order chi connectivity index (χ0) is 14.5. The summed E-state index contributed by atoms with van der Waals surface area (Å²) in [5.74, 6) is 0.506. The van der Waals surface area contributed by atoms with Crippen LogP contribution in [0.4, 0.5) is 13.2 Å². The highest BCUT2D eigenvalue weighted by Gasteiger charge is 2.27. The van der Waals surface area contributed by atoms with Crippen molar-refractivity contribution in [2.45, 2.75) is 52.1 Å². The predicted octanol–water partition coefficient (Wildman–Crippen LogP) is 2.87. The third-order valence-corrected chi connectivity index (χ3v) is 2.98. The SMILES string of the molecule is CC(C)(CCN)CCc1nc(CCC(F)(F)F)no1. The first-order valence-electron chi connectivity index (χ1n) is 6.30. The first-order valence-corrected chi connectivity index (χ1v) is 6.30. The quantitative estimate of drug-likeness (QED) is 0.833. The second-order valence-electron chi connectivity index (χ2n) is 5.42. The van der Waals surface area contributed by atoms with E-state index in [0.29, 0.717) is 18.9 Å². The molecule has 0 spiro atoms. The molecule has 0 saturated carbocycles. The molecule has 0 atom stereocenters. The zero-order valence-corrected chi connectivity index (χ0v) is 11.3. The van der Waals surface area contributed by atoms with Crippen molar-refractivity contribution in [1.82, 2.24) is 10.1 Å². The summed E-state index contributed by atoms with van der Waals surface area (Å²) >= 11 is 0. The van der Waals surface area contributed by atoms with Gasteiger partial charge in [-0.05, 0) is 24.8 Å². The number of nitrogens with zero attached hydrogens (tertiary/aromatic N) is 2. The minimum absolute atomic E-state index is 0.0648. The Bertz CT molecular complexity index is 388. The summed E-state index contributed by atoms with van der Waals surface area (Å²) in [6, 6.07) is 0. The molecule has 0 bridgehead atoms. The molecule has 1 heterocycles. The Kier molecular flexibility index (Phi) is 5.34. The van der Waals surface area contributed by atoms with Crippen LogP contribution in [0.5, 0.6) is 0 Å². The van der Waals surface area contributed by atoms with Crippen molar-refractivity contribution in [1.29, 1.82) is 0 Å². The van der Waals surface area contributed by atoms with Crippen LogP contribution in [0.2, 0.25) is 0 Å². The van der Waals surface area contributed by atoms with Crippen LogP contribution < -0.4 is 5.73 Å². The van der Waals surface area contributed by atoms with Crippen LogP contribution >= 0.6 is 0 Å². The van der Waals surface area contributed by atoms with Gasteiger partial charge in [0.15, 0.2) is 5.82 Å². The van der Waals surface area contributed by atoms with Gasteiger partial charge in [0.1, 0.15) is 0 Å². The van der Waals surface area contributed by atoms with E-state index in [4.69, 9.17) is 10.3 Å². The van der Waals surface area contributed by atoms with Crippen molar-refractivity contribution in [3.8, 4) is 0 Å². The first kappa shape index (κ1) is 15.9. The van der Waals surface area contributed by atoms with Crippen molar-refractivity contribution in [2.75, 3.05) is 6.54 Å². The molecule has 0 aromatic carbocycles. The van der Waals surface area contributed by atoms with Crippen LogP contribution in [0, 0.1) is 5.41 Å². The Hall–Kier alpha value is -1.11. The van der Waals surface area contributed by atoms with E-state index >= 15 is 0 Å². The summed E-state index contributed by atoms with van der Waals surface area (Å²) in [5, 5.41) is 3.56. The van der Waals surface area contributed by atoms with Crippen LogP contribution in [0.1, 0.15) is 44.8 Å². The average molecular weight is 279 g/mol. The fourth-order valence-corrected chi connectivity index (χ4v) is 1.71. The van der Waals surface area contributed by atoms with E-state index in [0.717, 1.165) is 12.8 Å². The van der Waals surface area contributed by atoms with E-state index in [1.807, 2.05) is 0 Å². The van der Waals surface area contributed by atoms with Crippen LogP contribution in [0.25, 0.3) is 0 Å². The van der Waals surface area contributed by atoms with Crippen molar-refractivity contribution in [3.63, 3.8) is 0 Å². The fraction of sp³-hybridized carbons (Fsp3) is 0.833. The Labute approximate surface area is 110 Å². The van der Waals surface area contributed by atoms with E-state index in [1.54, 1.807) is 0 Å². The summed E-state index contributed by atoms with van der Waals surface area (Å²) in [6.45, 7) is 4.77. The van der Waals surface area contributed by atoms with Crippen molar-refractivity contribution in [3.05, 3.63) is 11.7 Å². The number of aryl methyl sites for hydroxylation is 2. The Morgan fingerprint density at radius 3 is 2.37 bits per heavy atom. The number of alkyl halides is 3. The molecule has 110 valence electrons. The number of hydrogen-bond acceptors (Lipinski definition) is 4. The number of rotatable bonds is 7. The predicted molar refractivity (Wildman–Crippen MR) is 64.4 cm³/mol. The lowest BCUT2D eigenvalue weighted by atomic mass is 9.84. The monoisotopic (exact) mass is 279 g/mol. The van der Waals surface area contributed by atoms with E-state index in [1.165, 1.54) is 0 Å². The summed E-state index contributed by atoms with van der Waals surface area (Å²) in [5.41, 5.74) is 5.57. The van der Waals surface area contributed by atoms with Gasteiger partial charge in [0.2, 0.25) is 5.89 Å². The second kappa shape index (κ2) is 6.36. The highest BCUT2D eigenvalue weighted by atomic mass is 19.4. The molecule has 4 nitrogen and oxygen atoms in total. The standard InChI is InChI=1S/C12H20F3N3O/c1-11(2,7-8-16)5-4-10-17-9(18-19-10)3-6-12(13,14)15/h3-8,16H2,1-2H3. The van der Waals surface area contributed by atoms with Gasteiger partial charge in [-0.15, -0.1) is 0 Å². The highest BCUT2D eigenvalue weighted by Crippen LogP contribution is 2.26. The molecule has 0 aliphatic rings. The lowest BCUT2D eigenvalue weighted by Gasteiger charge is -2.22. The van der Waals surface area contributed by atoms with E-state index in [2.05, 4.69) is 24.0 Å². The van der Waals surface area contributed by atoms with Crippen LogP contribution in [-0.2, 0) is 12.8 Å². The minimum Gasteiger partial charge on any atom is -0.339 e. The maximum atomic E-state index is 12.0. The van der Waals surface area contributed by atoms with Gasteiger partial charge in [0.25, 0.3) is 0 Å². The third-order valence-electron chi connectivity index (χ3n) is 2.98. The molecule has 1 aromatic heterocycles. The summed E-state index contributed by atoms with van der Waals surface area (Å²) < 4.78 is 41.1. The molecular formula is C12H20F3N3O. The van der Waals surface area contributed by atoms with Gasteiger partial charge in [-0.25, -0.2) is 0 Å². The van der Waals surface area contributed by atoms with Gasteiger partial charge in [0.05, 0.1) is 6.42 Å². The Morgan fingerprint density at radius 1 is 1.11 bits per heavy atom. The maximum absolute atomic E-state index is 12.0. The smallest absolute Gasteiger partial charge is 0.339 e. The first-order chi connectivity index (χ1) is 8.72. The largest absolute Gasteiger partial charge is 0.389 e. The molecule has 0 unspecified atom stereocenters. The molecule has 2 N–H and O–H groups in total. The molecule has 7 heteroatoms. The van der Waals surface area contributed by atoms with Gasteiger partial charge in [-0.3, -0.25) is 0 Å². The topological polar surface area (TPSA) is 64.9 Å². The average Bonchev–Trinajstić information content (AvgIpc) is 2.71. The second-order valence-corrected chi connectivity index (χ2v) is 5.42. The normalized spacial score (nSPS) is 12.9. The summed E-state index contributed by atoms with van der Waals surface area (Å²) in [4.78, 5) is 3.97. The van der Waals surface area contributed by atoms with Crippen molar-refractivity contribution < 1.29 is 17.7 Å². The molecule has 0 aliphatic heterocycles. The molecule has 1 aromatic rings. The molecular weight excluding hydrogens is 259 g/mol. The number of nitrogens with two attached hydrogens (primary N) is 1. The van der Waals surface area contributed by atoms with Crippen LogP contribution in [0.15, 0.2) is 4.52 Å². The van der Waals surface area contributed by atoms with Crippen LogP contribution in [-0.4, -0.2) is 22.9 Å². The van der Waals surface area contributed by atoms with Crippen molar-refractivity contribution in [2.24, 2.45) is 11.1 Å². The Balaban J connectivity index is 2.43. The molecule has 1 rings (SSSR count). The lowest BCUT2D eigenvalue weighted by molar-refractivity contribution is -0.134. The fourth-order valence-electron chi connectivity index (χ4n) is 1.71. The minimum atomic E-state index is -4.19. The molecule has 0 saturated heterocycles. The molecule has 0 amide bonds. The lowest BCUT2D eigenvalue weighted by Crippen LogP contribution is -2.17.